The van der Waals surface area contributed by atoms with Gasteiger partial charge in [-0.15, -0.1) is 22.0 Å². The van der Waals surface area contributed by atoms with Gasteiger partial charge >= 0.3 is 6.03 Å². The molecule has 31 heavy (non-hydrogen) atoms. The molecule has 7 heteroatoms. The van der Waals surface area contributed by atoms with Crippen molar-refractivity contribution in [1.82, 2.24) is 10.2 Å². The SMILES string of the molecule is CCc1ccc(NC(=O)Nc2ccc(SCc3nnc(-c4ccccc4)o3)cc2)cc1. The summed E-state index contributed by atoms with van der Waals surface area (Å²) in [7, 11) is 0. The fourth-order valence-corrected chi connectivity index (χ4v) is 3.64. The molecule has 3 aromatic carbocycles. The van der Waals surface area contributed by atoms with Crippen LogP contribution in [0.15, 0.2) is 88.2 Å². The Kier molecular flexibility index (Phi) is 6.64. The summed E-state index contributed by atoms with van der Waals surface area (Å²) in [5.41, 5.74) is 3.62. The van der Waals surface area contributed by atoms with Crippen molar-refractivity contribution in [3.8, 4) is 11.5 Å². The monoisotopic (exact) mass is 430 g/mol. The molecule has 0 aliphatic rings. The lowest BCUT2D eigenvalue weighted by Gasteiger charge is -2.09. The minimum atomic E-state index is -0.274. The van der Waals surface area contributed by atoms with Crippen molar-refractivity contribution in [1.29, 1.82) is 0 Å². The minimum absolute atomic E-state index is 0.274. The lowest BCUT2D eigenvalue weighted by atomic mass is 10.1. The number of amides is 2. The van der Waals surface area contributed by atoms with Crippen LogP contribution >= 0.6 is 11.8 Å². The Morgan fingerprint density at radius 2 is 1.52 bits per heavy atom. The fourth-order valence-electron chi connectivity index (χ4n) is 2.91. The summed E-state index contributed by atoms with van der Waals surface area (Å²) >= 11 is 1.59. The van der Waals surface area contributed by atoms with E-state index >= 15 is 0 Å². The van der Waals surface area contributed by atoms with E-state index in [0.29, 0.717) is 17.5 Å². The second-order valence-corrected chi connectivity index (χ2v) is 7.86. The lowest BCUT2D eigenvalue weighted by Crippen LogP contribution is -2.19. The van der Waals surface area contributed by atoms with Gasteiger partial charge in [0.2, 0.25) is 11.8 Å². The number of hydrogen-bond acceptors (Lipinski definition) is 5. The van der Waals surface area contributed by atoms with Crippen LogP contribution in [-0.4, -0.2) is 16.2 Å². The summed E-state index contributed by atoms with van der Waals surface area (Å²) in [6.07, 6.45) is 0.970. The number of anilines is 2. The van der Waals surface area contributed by atoms with E-state index in [0.717, 1.165) is 28.3 Å². The Morgan fingerprint density at radius 3 is 2.16 bits per heavy atom. The highest BCUT2D eigenvalue weighted by atomic mass is 32.2. The summed E-state index contributed by atoms with van der Waals surface area (Å²) in [6, 6.07) is 24.9. The maximum absolute atomic E-state index is 12.2. The molecule has 0 unspecified atom stereocenters. The first-order valence-corrected chi connectivity index (χ1v) is 11.0. The maximum Gasteiger partial charge on any atom is 0.323 e. The van der Waals surface area contributed by atoms with E-state index in [1.165, 1.54) is 5.56 Å². The summed E-state index contributed by atoms with van der Waals surface area (Å²) < 4.78 is 5.73. The number of thioether (sulfide) groups is 1. The van der Waals surface area contributed by atoms with Crippen molar-refractivity contribution in [2.75, 3.05) is 10.6 Å². The van der Waals surface area contributed by atoms with E-state index in [2.05, 4.69) is 27.8 Å². The Hall–Kier alpha value is -3.58. The normalized spacial score (nSPS) is 10.6. The van der Waals surface area contributed by atoms with Crippen molar-refractivity contribution < 1.29 is 9.21 Å². The minimum Gasteiger partial charge on any atom is -0.420 e. The van der Waals surface area contributed by atoms with Crippen LogP contribution in [0.5, 0.6) is 0 Å². The van der Waals surface area contributed by atoms with Crippen LogP contribution in [0, 0.1) is 0 Å². The van der Waals surface area contributed by atoms with E-state index in [1.54, 1.807) is 11.8 Å². The van der Waals surface area contributed by atoms with Gasteiger partial charge in [0.15, 0.2) is 0 Å². The van der Waals surface area contributed by atoms with Gasteiger partial charge in [0, 0.05) is 21.8 Å². The zero-order chi connectivity index (χ0) is 21.5. The quantitative estimate of drug-likeness (QED) is 0.340. The number of aromatic nitrogens is 2. The third kappa shape index (κ3) is 5.73. The van der Waals surface area contributed by atoms with Gasteiger partial charge in [-0.25, -0.2) is 4.79 Å². The van der Waals surface area contributed by atoms with Gasteiger partial charge in [-0.05, 0) is 60.5 Å². The fraction of sp³-hybridized carbons (Fsp3) is 0.125. The molecule has 4 rings (SSSR count). The molecule has 0 atom stereocenters. The number of carbonyl (C=O) groups excluding carboxylic acids is 1. The van der Waals surface area contributed by atoms with Crippen molar-refractivity contribution >= 4 is 29.2 Å². The maximum atomic E-state index is 12.2. The largest absolute Gasteiger partial charge is 0.420 e. The van der Waals surface area contributed by atoms with Gasteiger partial charge in [-0.3, -0.25) is 0 Å². The number of hydrogen-bond donors (Lipinski definition) is 2. The summed E-state index contributed by atoms with van der Waals surface area (Å²) in [4.78, 5) is 13.2. The highest BCUT2D eigenvalue weighted by Gasteiger charge is 2.09. The molecular formula is C24H22N4O2S. The standard InChI is InChI=1S/C24H22N4O2S/c1-2-17-8-10-19(11-9-17)25-24(29)26-20-12-14-21(15-13-20)31-16-22-27-28-23(30-22)18-6-4-3-5-7-18/h3-15H,2,16H2,1H3,(H2,25,26,29). The first-order chi connectivity index (χ1) is 15.2. The van der Waals surface area contributed by atoms with E-state index in [1.807, 2.05) is 78.9 Å². The summed E-state index contributed by atoms with van der Waals surface area (Å²) in [6.45, 7) is 2.10. The van der Waals surface area contributed by atoms with E-state index in [-0.39, 0.29) is 6.03 Å². The van der Waals surface area contributed by atoms with Gasteiger partial charge in [0.25, 0.3) is 0 Å². The number of urea groups is 1. The molecule has 0 bridgehead atoms. The topological polar surface area (TPSA) is 80.0 Å². The molecular weight excluding hydrogens is 408 g/mol. The van der Waals surface area contributed by atoms with Gasteiger partial charge in [-0.2, -0.15) is 0 Å². The molecule has 0 spiro atoms. The molecule has 156 valence electrons. The molecule has 2 N–H and O–H groups in total. The number of rotatable bonds is 7. The second kappa shape index (κ2) is 9.95. The van der Waals surface area contributed by atoms with Gasteiger partial charge in [0.1, 0.15) is 0 Å². The molecule has 6 nitrogen and oxygen atoms in total. The molecule has 0 aliphatic heterocycles. The van der Waals surface area contributed by atoms with Crippen LogP contribution in [-0.2, 0) is 12.2 Å². The first kappa shape index (κ1) is 20.7. The van der Waals surface area contributed by atoms with Crippen LogP contribution in [0.2, 0.25) is 0 Å². The van der Waals surface area contributed by atoms with E-state index in [9.17, 15) is 4.79 Å². The van der Waals surface area contributed by atoms with Gasteiger partial charge in [-0.1, -0.05) is 37.3 Å². The highest BCUT2D eigenvalue weighted by molar-refractivity contribution is 7.98. The Bertz CT molecular complexity index is 1130. The van der Waals surface area contributed by atoms with Crippen molar-refractivity contribution in [2.24, 2.45) is 0 Å². The molecule has 0 saturated heterocycles. The van der Waals surface area contributed by atoms with Gasteiger partial charge < -0.3 is 15.1 Å². The number of nitrogens with zero attached hydrogens (tertiary/aromatic N) is 2. The van der Waals surface area contributed by atoms with E-state index < -0.39 is 0 Å². The van der Waals surface area contributed by atoms with Crippen LogP contribution in [0.4, 0.5) is 16.2 Å². The third-order valence-electron chi connectivity index (χ3n) is 4.58. The van der Waals surface area contributed by atoms with E-state index in [4.69, 9.17) is 4.42 Å². The Morgan fingerprint density at radius 1 is 0.871 bits per heavy atom. The second-order valence-electron chi connectivity index (χ2n) is 6.81. The molecule has 0 fully saturated rings. The third-order valence-corrected chi connectivity index (χ3v) is 5.58. The Balaban J connectivity index is 1.28. The number of aryl methyl sites for hydroxylation is 1. The van der Waals surface area contributed by atoms with Crippen molar-refractivity contribution in [3.05, 3.63) is 90.3 Å². The van der Waals surface area contributed by atoms with Crippen LogP contribution in [0.3, 0.4) is 0 Å². The number of carbonyl (C=O) groups is 1. The van der Waals surface area contributed by atoms with Crippen LogP contribution in [0.1, 0.15) is 18.4 Å². The molecule has 0 aliphatic carbocycles. The lowest BCUT2D eigenvalue weighted by molar-refractivity contribution is 0.262. The summed E-state index contributed by atoms with van der Waals surface area (Å²) in [5, 5.41) is 13.9. The zero-order valence-electron chi connectivity index (χ0n) is 17.0. The average molecular weight is 431 g/mol. The van der Waals surface area contributed by atoms with Crippen LogP contribution < -0.4 is 10.6 Å². The van der Waals surface area contributed by atoms with Crippen molar-refractivity contribution in [2.45, 2.75) is 24.0 Å². The predicted octanol–water partition coefficient (Wildman–Crippen LogP) is 6.24. The Labute approximate surface area is 185 Å². The molecule has 4 aromatic rings. The molecule has 0 saturated carbocycles. The summed E-state index contributed by atoms with van der Waals surface area (Å²) in [5.74, 6) is 1.66. The van der Waals surface area contributed by atoms with Crippen LogP contribution in [0.25, 0.3) is 11.5 Å². The predicted molar refractivity (Wildman–Crippen MR) is 124 cm³/mol. The smallest absolute Gasteiger partial charge is 0.323 e. The zero-order valence-corrected chi connectivity index (χ0v) is 17.9. The number of nitrogens with one attached hydrogen (secondary N) is 2. The molecule has 1 heterocycles. The molecule has 1 aromatic heterocycles. The average Bonchev–Trinajstić information content (AvgIpc) is 3.29. The molecule has 0 radical (unpaired) electrons. The number of benzene rings is 3. The molecule has 2 amide bonds. The van der Waals surface area contributed by atoms with Crippen molar-refractivity contribution in [3.63, 3.8) is 0 Å². The van der Waals surface area contributed by atoms with Gasteiger partial charge in [0.05, 0.1) is 5.75 Å². The highest BCUT2D eigenvalue weighted by Crippen LogP contribution is 2.25. The first-order valence-electron chi connectivity index (χ1n) is 9.97.